The number of rotatable bonds is 3. The molecule has 0 amide bonds. The number of carboxylic acid groups (broad SMARTS) is 1. The quantitative estimate of drug-likeness (QED) is 0.706. The third-order valence-corrected chi connectivity index (χ3v) is 2.88. The van der Waals surface area contributed by atoms with E-state index in [0.29, 0.717) is 6.42 Å². The Morgan fingerprint density at radius 3 is 2.38 bits per heavy atom. The maximum atomic E-state index is 10.3. The average Bonchev–Trinajstić information content (AvgIpc) is 2.23. The Morgan fingerprint density at radius 1 is 1.38 bits per heavy atom. The van der Waals surface area contributed by atoms with Crippen molar-refractivity contribution in [2.75, 3.05) is 0 Å². The van der Waals surface area contributed by atoms with E-state index in [1.54, 1.807) is 0 Å². The Kier molecular flexibility index (Phi) is 2.66. The van der Waals surface area contributed by atoms with Gasteiger partial charge in [-0.1, -0.05) is 13.8 Å². The SMILES string of the molecule is CC1(C)CCC(O)(CCC(=O)O)C1. The molecule has 3 nitrogen and oxygen atoms in total. The summed E-state index contributed by atoms with van der Waals surface area (Å²) >= 11 is 0. The van der Waals surface area contributed by atoms with Crippen LogP contribution in [0, 0.1) is 5.41 Å². The van der Waals surface area contributed by atoms with Gasteiger partial charge in [0.1, 0.15) is 0 Å². The van der Waals surface area contributed by atoms with Gasteiger partial charge in [0.05, 0.1) is 5.60 Å². The number of aliphatic hydroxyl groups is 1. The smallest absolute Gasteiger partial charge is 0.303 e. The van der Waals surface area contributed by atoms with Gasteiger partial charge >= 0.3 is 5.97 Å². The molecule has 2 N–H and O–H groups in total. The summed E-state index contributed by atoms with van der Waals surface area (Å²) in [6.45, 7) is 4.23. The minimum absolute atomic E-state index is 0.0760. The average molecular weight is 186 g/mol. The molecule has 1 fully saturated rings. The first-order valence-corrected chi connectivity index (χ1v) is 4.77. The fourth-order valence-electron chi connectivity index (χ4n) is 2.19. The number of aliphatic carboxylic acids is 1. The van der Waals surface area contributed by atoms with Crippen molar-refractivity contribution in [3.8, 4) is 0 Å². The van der Waals surface area contributed by atoms with Crippen molar-refractivity contribution in [1.29, 1.82) is 0 Å². The van der Waals surface area contributed by atoms with Crippen LogP contribution >= 0.6 is 0 Å². The molecular formula is C10H18O3. The molecule has 0 aromatic heterocycles. The number of carboxylic acids is 1. The second kappa shape index (κ2) is 3.29. The van der Waals surface area contributed by atoms with Gasteiger partial charge < -0.3 is 10.2 Å². The third-order valence-electron chi connectivity index (χ3n) is 2.88. The van der Waals surface area contributed by atoms with Crippen LogP contribution < -0.4 is 0 Å². The van der Waals surface area contributed by atoms with Crippen molar-refractivity contribution in [3.05, 3.63) is 0 Å². The molecule has 1 unspecified atom stereocenters. The van der Waals surface area contributed by atoms with Gasteiger partial charge in [-0.3, -0.25) is 4.79 Å². The lowest BCUT2D eigenvalue weighted by Gasteiger charge is -2.24. The van der Waals surface area contributed by atoms with Gasteiger partial charge in [-0.2, -0.15) is 0 Å². The summed E-state index contributed by atoms with van der Waals surface area (Å²) in [6, 6.07) is 0. The highest BCUT2D eigenvalue weighted by Gasteiger charge is 2.41. The highest BCUT2D eigenvalue weighted by atomic mass is 16.4. The molecule has 13 heavy (non-hydrogen) atoms. The largest absolute Gasteiger partial charge is 0.481 e. The first-order chi connectivity index (χ1) is 5.83. The van der Waals surface area contributed by atoms with Gasteiger partial charge in [-0.05, 0) is 31.1 Å². The maximum absolute atomic E-state index is 10.3. The van der Waals surface area contributed by atoms with Gasteiger partial charge in [0.25, 0.3) is 0 Å². The summed E-state index contributed by atoms with van der Waals surface area (Å²) < 4.78 is 0. The zero-order chi connectivity index (χ0) is 10.1. The zero-order valence-corrected chi connectivity index (χ0v) is 8.34. The summed E-state index contributed by atoms with van der Waals surface area (Å²) in [5.74, 6) is -0.821. The molecule has 1 saturated carbocycles. The molecule has 0 spiro atoms. The molecule has 1 atom stereocenters. The van der Waals surface area contributed by atoms with Crippen LogP contribution in [-0.4, -0.2) is 21.8 Å². The fraction of sp³-hybridized carbons (Fsp3) is 0.900. The lowest BCUT2D eigenvalue weighted by molar-refractivity contribution is -0.138. The van der Waals surface area contributed by atoms with E-state index in [4.69, 9.17) is 5.11 Å². The van der Waals surface area contributed by atoms with Crippen LogP contribution in [0.5, 0.6) is 0 Å². The van der Waals surface area contributed by atoms with E-state index in [1.807, 2.05) is 0 Å². The monoisotopic (exact) mass is 186 g/mol. The lowest BCUT2D eigenvalue weighted by atomic mass is 9.87. The predicted octanol–water partition coefficient (Wildman–Crippen LogP) is 1.79. The van der Waals surface area contributed by atoms with Crippen molar-refractivity contribution in [1.82, 2.24) is 0 Å². The van der Waals surface area contributed by atoms with Crippen LogP contribution in [0.1, 0.15) is 46.0 Å². The van der Waals surface area contributed by atoms with E-state index >= 15 is 0 Å². The predicted molar refractivity (Wildman–Crippen MR) is 49.5 cm³/mol. The van der Waals surface area contributed by atoms with Crippen molar-refractivity contribution in [2.45, 2.75) is 51.6 Å². The first kappa shape index (κ1) is 10.5. The molecule has 0 saturated heterocycles. The molecular weight excluding hydrogens is 168 g/mol. The summed E-state index contributed by atoms with van der Waals surface area (Å²) in [7, 11) is 0. The van der Waals surface area contributed by atoms with E-state index in [9.17, 15) is 9.90 Å². The van der Waals surface area contributed by atoms with Crippen molar-refractivity contribution < 1.29 is 15.0 Å². The standard InChI is InChI=1S/C10H18O3/c1-9(2)5-6-10(13,7-9)4-3-8(11)12/h13H,3-7H2,1-2H3,(H,11,12). The van der Waals surface area contributed by atoms with Crippen molar-refractivity contribution in [2.24, 2.45) is 5.41 Å². The van der Waals surface area contributed by atoms with Crippen LogP contribution in [0.15, 0.2) is 0 Å². The fourth-order valence-corrected chi connectivity index (χ4v) is 2.19. The Bertz CT molecular complexity index is 210. The van der Waals surface area contributed by atoms with Gasteiger partial charge in [0.15, 0.2) is 0 Å². The minimum atomic E-state index is -0.821. The van der Waals surface area contributed by atoms with E-state index < -0.39 is 11.6 Å². The summed E-state index contributed by atoms with van der Waals surface area (Å²) in [4.78, 5) is 10.3. The Labute approximate surface area is 78.8 Å². The lowest BCUT2D eigenvalue weighted by Crippen LogP contribution is -2.27. The van der Waals surface area contributed by atoms with Crippen LogP contribution in [0.2, 0.25) is 0 Å². The summed E-state index contributed by atoms with van der Waals surface area (Å²) in [5.41, 5.74) is -0.546. The molecule has 76 valence electrons. The number of hydrogen-bond donors (Lipinski definition) is 2. The number of hydrogen-bond acceptors (Lipinski definition) is 2. The third kappa shape index (κ3) is 2.99. The molecule has 0 bridgehead atoms. The molecule has 0 aromatic rings. The molecule has 0 heterocycles. The van der Waals surface area contributed by atoms with Crippen LogP contribution in [-0.2, 0) is 4.79 Å². The molecule has 1 rings (SSSR count). The summed E-state index contributed by atoms with van der Waals surface area (Å²) in [6.07, 6.45) is 2.93. The highest BCUT2D eigenvalue weighted by molar-refractivity contribution is 5.66. The van der Waals surface area contributed by atoms with E-state index in [2.05, 4.69) is 13.8 Å². The topological polar surface area (TPSA) is 57.5 Å². The van der Waals surface area contributed by atoms with Gasteiger partial charge in [-0.15, -0.1) is 0 Å². The Morgan fingerprint density at radius 2 is 2.00 bits per heavy atom. The van der Waals surface area contributed by atoms with Gasteiger partial charge in [0, 0.05) is 6.42 Å². The molecule has 0 aromatic carbocycles. The molecule has 1 aliphatic rings. The zero-order valence-electron chi connectivity index (χ0n) is 8.34. The van der Waals surface area contributed by atoms with E-state index in [1.165, 1.54) is 0 Å². The summed E-state index contributed by atoms with van der Waals surface area (Å²) in [5, 5.41) is 18.5. The van der Waals surface area contributed by atoms with Crippen molar-refractivity contribution in [3.63, 3.8) is 0 Å². The van der Waals surface area contributed by atoms with E-state index in [-0.39, 0.29) is 11.8 Å². The second-order valence-electron chi connectivity index (χ2n) is 4.96. The van der Waals surface area contributed by atoms with Crippen LogP contribution in [0.4, 0.5) is 0 Å². The first-order valence-electron chi connectivity index (χ1n) is 4.77. The van der Waals surface area contributed by atoms with E-state index in [0.717, 1.165) is 19.3 Å². The molecule has 0 aliphatic heterocycles. The maximum Gasteiger partial charge on any atom is 0.303 e. The molecule has 1 aliphatic carbocycles. The normalized spacial score (nSPS) is 31.9. The Balaban J connectivity index is 2.45. The second-order valence-corrected chi connectivity index (χ2v) is 4.96. The molecule has 0 radical (unpaired) electrons. The van der Waals surface area contributed by atoms with Crippen LogP contribution in [0.3, 0.4) is 0 Å². The van der Waals surface area contributed by atoms with Crippen LogP contribution in [0.25, 0.3) is 0 Å². The number of carbonyl (C=O) groups is 1. The van der Waals surface area contributed by atoms with Gasteiger partial charge in [-0.25, -0.2) is 0 Å². The van der Waals surface area contributed by atoms with Crippen molar-refractivity contribution >= 4 is 5.97 Å². The minimum Gasteiger partial charge on any atom is -0.481 e. The highest BCUT2D eigenvalue weighted by Crippen LogP contribution is 2.45. The Hall–Kier alpha value is -0.570. The molecule has 3 heteroatoms. The van der Waals surface area contributed by atoms with Gasteiger partial charge in [0.2, 0.25) is 0 Å².